The van der Waals surface area contributed by atoms with Crippen LogP contribution in [0, 0.1) is 6.92 Å². The van der Waals surface area contributed by atoms with Crippen LogP contribution in [0.1, 0.15) is 50.7 Å². The molecule has 0 aliphatic rings. The SMILES string of the molecule is CCCNC(C)(CO)CCCCSCc1ccccc1C. The maximum Gasteiger partial charge on any atom is 0.0610 e. The number of nitrogens with one attached hydrogen (secondary N) is 1. The number of aryl methyl sites for hydroxylation is 1. The summed E-state index contributed by atoms with van der Waals surface area (Å²) >= 11 is 2.01. The molecule has 1 aromatic carbocycles. The molecule has 0 saturated heterocycles. The summed E-state index contributed by atoms with van der Waals surface area (Å²) in [5.41, 5.74) is 2.74. The van der Waals surface area contributed by atoms with E-state index >= 15 is 0 Å². The van der Waals surface area contributed by atoms with Crippen LogP contribution < -0.4 is 5.32 Å². The Labute approximate surface area is 134 Å². The molecule has 1 aromatic rings. The lowest BCUT2D eigenvalue weighted by Crippen LogP contribution is -2.46. The van der Waals surface area contributed by atoms with Gasteiger partial charge in [0.2, 0.25) is 0 Å². The minimum Gasteiger partial charge on any atom is -0.394 e. The molecule has 1 atom stereocenters. The molecule has 3 heteroatoms. The predicted molar refractivity (Wildman–Crippen MR) is 95.0 cm³/mol. The molecule has 0 radical (unpaired) electrons. The Bertz CT molecular complexity index is 397. The third-order valence-corrected chi connectivity index (χ3v) is 5.03. The van der Waals surface area contributed by atoms with Gasteiger partial charge in [0, 0.05) is 11.3 Å². The average molecular weight is 310 g/mol. The smallest absolute Gasteiger partial charge is 0.0610 e. The summed E-state index contributed by atoms with van der Waals surface area (Å²) in [6.45, 7) is 7.68. The highest BCUT2D eigenvalue weighted by Gasteiger charge is 2.21. The lowest BCUT2D eigenvalue weighted by Gasteiger charge is -2.28. The molecule has 0 heterocycles. The maximum absolute atomic E-state index is 9.53. The van der Waals surface area contributed by atoms with Crippen molar-refractivity contribution in [2.75, 3.05) is 18.9 Å². The van der Waals surface area contributed by atoms with Crippen molar-refractivity contribution in [1.82, 2.24) is 5.32 Å². The van der Waals surface area contributed by atoms with E-state index < -0.39 is 0 Å². The molecule has 0 aliphatic carbocycles. The van der Waals surface area contributed by atoms with Crippen molar-refractivity contribution in [3.63, 3.8) is 0 Å². The Kier molecular flexibility index (Phi) is 9.05. The average Bonchev–Trinajstić information content (AvgIpc) is 2.50. The number of rotatable bonds is 11. The van der Waals surface area contributed by atoms with Crippen LogP contribution in [0.25, 0.3) is 0 Å². The van der Waals surface area contributed by atoms with Crippen molar-refractivity contribution in [3.8, 4) is 0 Å². The summed E-state index contributed by atoms with van der Waals surface area (Å²) < 4.78 is 0. The molecular weight excluding hydrogens is 278 g/mol. The fraction of sp³-hybridized carbons (Fsp3) is 0.667. The number of benzene rings is 1. The topological polar surface area (TPSA) is 32.3 Å². The summed E-state index contributed by atoms with van der Waals surface area (Å²) in [5.74, 6) is 2.31. The minimum atomic E-state index is -0.101. The van der Waals surface area contributed by atoms with E-state index in [1.165, 1.54) is 29.7 Å². The van der Waals surface area contributed by atoms with Gasteiger partial charge < -0.3 is 10.4 Å². The first kappa shape index (κ1) is 18.5. The Morgan fingerprint density at radius 2 is 2.00 bits per heavy atom. The Balaban J connectivity index is 2.15. The van der Waals surface area contributed by atoms with Gasteiger partial charge in [-0.25, -0.2) is 0 Å². The lowest BCUT2D eigenvalue weighted by molar-refractivity contribution is 0.163. The van der Waals surface area contributed by atoms with Gasteiger partial charge in [0.1, 0.15) is 0 Å². The van der Waals surface area contributed by atoms with Crippen molar-refractivity contribution in [2.24, 2.45) is 0 Å². The number of thioether (sulfide) groups is 1. The van der Waals surface area contributed by atoms with Gasteiger partial charge in [0.25, 0.3) is 0 Å². The normalized spacial score (nSPS) is 14.1. The van der Waals surface area contributed by atoms with Crippen LogP contribution >= 0.6 is 11.8 Å². The molecule has 0 saturated carbocycles. The van der Waals surface area contributed by atoms with Gasteiger partial charge in [0.05, 0.1) is 6.61 Å². The van der Waals surface area contributed by atoms with Gasteiger partial charge in [-0.15, -0.1) is 0 Å². The first-order valence-electron chi connectivity index (χ1n) is 8.09. The molecule has 21 heavy (non-hydrogen) atoms. The van der Waals surface area contributed by atoms with Crippen LogP contribution in [-0.4, -0.2) is 29.5 Å². The van der Waals surface area contributed by atoms with Gasteiger partial charge >= 0.3 is 0 Å². The zero-order valence-corrected chi connectivity index (χ0v) is 14.6. The molecule has 1 unspecified atom stereocenters. The quantitative estimate of drug-likeness (QED) is 0.602. The van der Waals surface area contributed by atoms with Crippen molar-refractivity contribution in [2.45, 2.75) is 57.7 Å². The van der Waals surface area contributed by atoms with Crippen LogP contribution in [0.3, 0.4) is 0 Å². The van der Waals surface area contributed by atoms with E-state index in [0.717, 1.165) is 25.1 Å². The van der Waals surface area contributed by atoms with E-state index in [-0.39, 0.29) is 12.1 Å². The van der Waals surface area contributed by atoms with E-state index in [1.54, 1.807) is 0 Å². The van der Waals surface area contributed by atoms with E-state index in [1.807, 2.05) is 11.8 Å². The zero-order valence-electron chi connectivity index (χ0n) is 13.8. The lowest BCUT2D eigenvalue weighted by atomic mass is 9.96. The first-order valence-corrected chi connectivity index (χ1v) is 9.25. The highest BCUT2D eigenvalue weighted by Crippen LogP contribution is 2.19. The maximum atomic E-state index is 9.53. The van der Waals surface area contributed by atoms with Crippen LogP contribution in [-0.2, 0) is 5.75 Å². The van der Waals surface area contributed by atoms with Gasteiger partial charge in [-0.2, -0.15) is 11.8 Å². The number of unbranched alkanes of at least 4 members (excludes halogenated alkanes) is 1. The Morgan fingerprint density at radius 1 is 1.24 bits per heavy atom. The zero-order chi connectivity index (χ0) is 15.6. The standard InChI is InChI=1S/C18H31NOS/c1-4-12-19-18(3,15-20)11-7-8-13-21-14-17-10-6-5-9-16(17)2/h5-6,9-10,19-20H,4,7-8,11-15H2,1-3H3. The van der Waals surface area contributed by atoms with E-state index in [2.05, 4.69) is 50.4 Å². The molecule has 0 amide bonds. The molecular formula is C18H31NOS. The van der Waals surface area contributed by atoms with Crippen molar-refractivity contribution >= 4 is 11.8 Å². The molecule has 2 nitrogen and oxygen atoms in total. The Hall–Kier alpha value is -0.510. The van der Waals surface area contributed by atoms with Gasteiger partial charge in [0.15, 0.2) is 0 Å². The van der Waals surface area contributed by atoms with E-state index in [4.69, 9.17) is 0 Å². The Morgan fingerprint density at radius 3 is 2.67 bits per heavy atom. The molecule has 0 spiro atoms. The van der Waals surface area contributed by atoms with Crippen molar-refractivity contribution in [1.29, 1.82) is 0 Å². The molecule has 2 N–H and O–H groups in total. The number of hydrogen-bond donors (Lipinski definition) is 2. The molecule has 0 aliphatic heterocycles. The largest absolute Gasteiger partial charge is 0.394 e. The van der Waals surface area contributed by atoms with Gasteiger partial charge in [-0.05, 0) is 56.5 Å². The predicted octanol–water partition coefficient (Wildman–Crippen LogP) is 4.15. The number of aliphatic hydroxyl groups excluding tert-OH is 1. The summed E-state index contributed by atoms with van der Waals surface area (Å²) in [6, 6.07) is 8.62. The van der Waals surface area contributed by atoms with Gasteiger partial charge in [-0.3, -0.25) is 0 Å². The summed E-state index contributed by atoms with van der Waals surface area (Å²) in [6.07, 6.45) is 4.56. The molecule has 0 bridgehead atoms. The second-order valence-electron chi connectivity index (χ2n) is 6.08. The molecule has 120 valence electrons. The fourth-order valence-electron chi connectivity index (χ4n) is 2.32. The number of hydrogen-bond acceptors (Lipinski definition) is 3. The third-order valence-electron chi connectivity index (χ3n) is 3.94. The van der Waals surface area contributed by atoms with Crippen LogP contribution in [0.5, 0.6) is 0 Å². The monoisotopic (exact) mass is 309 g/mol. The fourth-order valence-corrected chi connectivity index (χ4v) is 3.42. The highest BCUT2D eigenvalue weighted by molar-refractivity contribution is 7.98. The van der Waals surface area contributed by atoms with Crippen LogP contribution in [0.15, 0.2) is 24.3 Å². The highest BCUT2D eigenvalue weighted by atomic mass is 32.2. The van der Waals surface area contributed by atoms with Crippen molar-refractivity contribution in [3.05, 3.63) is 35.4 Å². The van der Waals surface area contributed by atoms with Crippen LogP contribution in [0.2, 0.25) is 0 Å². The molecule has 0 aromatic heterocycles. The molecule has 0 fully saturated rings. The third kappa shape index (κ3) is 7.35. The van der Waals surface area contributed by atoms with Crippen LogP contribution in [0.4, 0.5) is 0 Å². The minimum absolute atomic E-state index is 0.101. The summed E-state index contributed by atoms with van der Waals surface area (Å²) in [4.78, 5) is 0. The second kappa shape index (κ2) is 10.3. The first-order chi connectivity index (χ1) is 10.1. The second-order valence-corrected chi connectivity index (χ2v) is 7.19. The van der Waals surface area contributed by atoms with E-state index in [0.29, 0.717) is 0 Å². The number of aliphatic hydroxyl groups is 1. The summed E-state index contributed by atoms with van der Waals surface area (Å²) in [5, 5.41) is 13.0. The van der Waals surface area contributed by atoms with Crippen molar-refractivity contribution < 1.29 is 5.11 Å². The molecule has 1 rings (SSSR count). The van der Waals surface area contributed by atoms with Gasteiger partial charge in [-0.1, -0.05) is 37.6 Å². The van der Waals surface area contributed by atoms with E-state index in [9.17, 15) is 5.11 Å². The summed E-state index contributed by atoms with van der Waals surface area (Å²) in [7, 11) is 0.